The Balaban J connectivity index is 2.21. The van der Waals surface area contributed by atoms with Gasteiger partial charge in [0.2, 0.25) is 5.91 Å². The largest absolute Gasteiger partial charge is 0.453 e. The third kappa shape index (κ3) is 5.62. The molecule has 0 spiro atoms. The molecule has 0 saturated carbocycles. The quantitative estimate of drug-likeness (QED) is 0.647. The van der Waals surface area contributed by atoms with E-state index >= 15 is 0 Å². The lowest BCUT2D eigenvalue weighted by Crippen LogP contribution is -2.46. The van der Waals surface area contributed by atoms with Crippen LogP contribution in [0, 0.1) is 0 Å². The molecule has 1 heterocycles. The number of hydrogen-bond donors (Lipinski definition) is 2. The molecule has 0 aromatic heterocycles. The number of carbonyl (C=O) groups excluding carboxylic acids is 2. The SMILES string of the molecule is COC(=O)NC(=O)CN(C)CC1CNCCO1. The second-order valence-electron chi connectivity index (χ2n) is 3.93. The van der Waals surface area contributed by atoms with Crippen LogP contribution in [0.5, 0.6) is 0 Å². The highest BCUT2D eigenvalue weighted by Gasteiger charge is 2.17. The molecule has 1 aliphatic heterocycles. The molecule has 0 aromatic rings. The number of hydrogen-bond acceptors (Lipinski definition) is 6. The van der Waals surface area contributed by atoms with E-state index in [2.05, 4.69) is 15.4 Å². The Labute approximate surface area is 100 Å². The van der Waals surface area contributed by atoms with Gasteiger partial charge in [-0.1, -0.05) is 0 Å². The molecule has 0 aromatic carbocycles. The molecule has 1 rings (SSSR count). The van der Waals surface area contributed by atoms with Gasteiger partial charge in [0.05, 0.1) is 26.4 Å². The smallest absolute Gasteiger partial charge is 0.413 e. The van der Waals surface area contributed by atoms with E-state index in [4.69, 9.17) is 4.74 Å². The third-order valence-corrected chi connectivity index (χ3v) is 2.36. The first-order valence-electron chi connectivity index (χ1n) is 5.50. The van der Waals surface area contributed by atoms with Gasteiger partial charge in [0.25, 0.3) is 0 Å². The Hall–Kier alpha value is -1.18. The van der Waals surface area contributed by atoms with Crippen LogP contribution in [0.1, 0.15) is 0 Å². The van der Waals surface area contributed by atoms with E-state index < -0.39 is 6.09 Å². The molecule has 7 nitrogen and oxygen atoms in total. The Morgan fingerprint density at radius 1 is 1.59 bits per heavy atom. The van der Waals surface area contributed by atoms with E-state index in [-0.39, 0.29) is 18.6 Å². The van der Waals surface area contributed by atoms with Crippen LogP contribution in [-0.2, 0) is 14.3 Å². The molecule has 98 valence electrons. The fraction of sp³-hybridized carbons (Fsp3) is 0.800. The van der Waals surface area contributed by atoms with Gasteiger partial charge in [-0.2, -0.15) is 0 Å². The first-order valence-corrected chi connectivity index (χ1v) is 5.50. The van der Waals surface area contributed by atoms with Crippen LogP contribution < -0.4 is 10.6 Å². The molecule has 2 amide bonds. The normalized spacial score (nSPS) is 20.1. The van der Waals surface area contributed by atoms with Crippen molar-refractivity contribution in [3.63, 3.8) is 0 Å². The Bertz CT molecular complexity index is 266. The average Bonchev–Trinajstić information content (AvgIpc) is 2.29. The number of carbonyl (C=O) groups is 2. The predicted octanol–water partition coefficient (Wildman–Crippen LogP) is -1.21. The van der Waals surface area contributed by atoms with Gasteiger partial charge in [0.15, 0.2) is 0 Å². The summed E-state index contributed by atoms with van der Waals surface area (Å²) in [6.45, 7) is 3.11. The lowest BCUT2D eigenvalue weighted by atomic mass is 10.3. The summed E-state index contributed by atoms with van der Waals surface area (Å²) in [6.07, 6.45) is -0.654. The summed E-state index contributed by atoms with van der Waals surface area (Å²) in [5, 5.41) is 5.31. The molecule has 1 aliphatic rings. The minimum absolute atomic E-state index is 0.0830. The molecular weight excluding hydrogens is 226 g/mol. The second kappa shape index (κ2) is 7.21. The maximum absolute atomic E-state index is 11.4. The van der Waals surface area contributed by atoms with E-state index in [1.807, 2.05) is 0 Å². The summed E-state index contributed by atoms with van der Waals surface area (Å²) in [7, 11) is 3.02. The number of ether oxygens (including phenoxy) is 2. The van der Waals surface area contributed by atoms with E-state index in [0.29, 0.717) is 13.2 Å². The van der Waals surface area contributed by atoms with Gasteiger partial charge >= 0.3 is 6.09 Å². The van der Waals surface area contributed by atoms with Crippen LogP contribution in [0.15, 0.2) is 0 Å². The van der Waals surface area contributed by atoms with Crippen LogP contribution in [0.4, 0.5) is 4.79 Å². The maximum atomic E-state index is 11.4. The fourth-order valence-corrected chi connectivity index (χ4v) is 1.60. The number of morpholine rings is 1. The number of methoxy groups -OCH3 is 1. The standard InChI is InChI=1S/C10H19N3O4/c1-13(6-8-5-11-3-4-17-8)7-9(14)12-10(15)16-2/h8,11H,3-7H2,1-2H3,(H,12,14,15). The van der Waals surface area contributed by atoms with Gasteiger partial charge in [-0.15, -0.1) is 0 Å². The van der Waals surface area contributed by atoms with Gasteiger partial charge in [-0.3, -0.25) is 15.0 Å². The third-order valence-electron chi connectivity index (χ3n) is 2.36. The lowest BCUT2D eigenvalue weighted by molar-refractivity contribution is -0.121. The number of likely N-dealkylation sites (N-methyl/N-ethyl adjacent to an activating group) is 1. The van der Waals surface area contributed by atoms with Crippen LogP contribution in [0.25, 0.3) is 0 Å². The summed E-state index contributed by atoms with van der Waals surface area (Å²) in [4.78, 5) is 23.9. The number of nitrogens with one attached hydrogen (secondary N) is 2. The zero-order chi connectivity index (χ0) is 12.7. The maximum Gasteiger partial charge on any atom is 0.413 e. The second-order valence-corrected chi connectivity index (χ2v) is 3.93. The summed E-state index contributed by atoms with van der Waals surface area (Å²) < 4.78 is 9.83. The molecule has 0 aliphatic carbocycles. The summed E-state index contributed by atoms with van der Waals surface area (Å²) in [5.41, 5.74) is 0. The van der Waals surface area contributed by atoms with E-state index in [0.717, 1.165) is 13.1 Å². The molecule has 0 radical (unpaired) electrons. The Kier molecular flexibility index (Phi) is 5.88. The van der Waals surface area contributed by atoms with E-state index in [1.165, 1.54) is 7.11 Å². The molecule has 0 bridgehead atoms. The minimum Gasteiger partial charge on any atom is -0.453 e. The van der Waals surface area contributed by atoms with Crippen molar-refractivity contribution >= 4 is 12.0 Å². The van der Waals surface area contributed by atoms with Crippen molar-refractivity contribution in [1.29, 1.82) is 0 Å². The zero-order valence-electron chi connectivity index (χ0n) is 10.2. The molecule has 1 atom stereocenters. The molecule has 17 heavy (non-hydrogen) atoms. The van der Waals surface area contributed by atoms with Crippen molar-refractivity contribution in [2.75, 3.05) is 46.9 Å². The summed E-state index contributed by atoms with van der Waals surface area (Å²) >= 11 is 0. The van der Waals surface area contributed by atoms with Crippen LogP contribution in [0.3, 0.4) is 0 Å². The number of imide groups is 1. The predicted molar refractivity (Wildman–Crippen MR) is 60.7 cm³/mol. The highest BCUT2D eigenvalue weighted by molar-refractivity contribution is 5.92. The zero-order valence-corrected chi connectivity index (χ0v) is 10.2. The van der Waals surface area contributed by atoms with Gasteiger partial charge in [-0.25, -0.2) is 4.79 Å². The minimum atomic E-state index is -0.737. The first-order chi connectivity index (χ1) is 8.11. The van der Waals surface area contributed by atoms with Crippen molar-refractivity contribution in [3.8, 4) is 0 Å². The Morgan fingerprint density at radius 2 is 2.35 bits per heavy atom. The van der Waals surface area contributed by atoms with Crippen LogP contribution >= 0.6 is 0 Å². The van der Waals surface area contributed by atoms with Crippen LogP contribution in [0.2, 0.25) is 0 Å². The Morgan fingerprint density at radius 3 is 2.94 bits per heavy atom. The van der Waals surface area contributed by atoms with Crippen molar-refractivity contribution < 1.29 is 19.1 Å². The highest BCUT2D eigenvalue weighted by atomic mass is 16.5. The van der Waals surface area contributed by atoms with Crippen molar-refractivity contribution in [1.82, 2.24) is 15.5 Å². The molecule has 1 saturated heterocycles. The van der Waals surface area contributed by atoms with Gasteiger partial charge in [0.1, 0.15) is 0 Å². The summed E-state index contributed by atoms with van der Waals surface area (Å²) in [6, 6.07) is 0. The topological polar surface area (TPSA) is 79.9 Å². The number of amides is 2. The molecule has 7 heteroatoms. The number of nitrogens with zero attached hydrogens (tertiary/aromatic N) is 1. The van der Waals surface area contributed by atoms with Crippen molar-refractivity contribution in [3.05, 3.63) is 0 Å². The van der Waals surface area contributed by atoms with Crippen molar-refractivity contribution in [2.45, 2.75) is 6.10 Å². The van der Waals surface area contributed by atoms with Crippen LogP contribution in [-0.4, -0.2) is 69.9 Å². The van der Waals surface area contributed by atoms with Gasteiger partial charge in [-0.05, 0) is 7.05 Å². The van der Waals surface area contributed by atoms with E-state index in [9.17, 15) is 9.59 Å². The molecule has 2 N–H and O–H groups in total. The average molecular weight is 245 g/mol. The number of alkyl carbamates (subject to hydrolysis) is 1. The highest BCUT2D eigenvalue weighted by Crippen LogP contribution is 1.98. The van der Waals surface area contributed by atoms with E-state index in [1.54, 1.807) is 11.9 Å². The molecule has 1 fully saturated rings. The molecule has 1 unspecified atom stereocenters. The lowest BCUT2D eigenvalue weighted by Gasteiger charge is -2.27. The monoisotopic (exact) mass is 245 g/mol. The summed E-state index contributed by atoms with van der Waals surface area (Å²) in [5.74, 6) is -0.386. The van der Waals surface area contributed by atoms with Gasteiger partial charge in [0, 0.05) is 19.6 Å². The first kappa shape index (κ1) is 13.9. The number of rotatable bonds is 4. The van der Waals surface area contributed by atoms with Crippen molar-refractivity contribution in [2.24, 2.45) is 0 Å². The van der Waals surface area contributed by atoms with Gasteiger partial charge < -0.3 is 14.8 Å². The fourth-order valence-electron chi connectivity index (χ4n) is 1.60. The molecular formula is C10H19N3O4.